The normalized spacial score (nSPS) is 21.9. The fourth-order valence-corrected chi connectivity index (χ4v) is 2.60. The molecule has 5 heteroatoms. The van der Waals surface area contributed by atoms with Crippen molar-refractivity contribution in [1.82, 2.24) is 5.32 Å². The van der Waals surface area contributed by atoms with Gasteiger partial charge in [-0.1, -0.05) is 25.0 Å². The number of nitrogens with two attached hydrogens (primary N) is 1. The van der Waals surface area contributed by atoms with Crippen LogP contribution in [-0.2, 0) is 11.3 Å². The number of hydrogen-bond acceptors (Lipinski definition) is 2. The molecule has 1 aliphatic carbocycles. The molecular weight excluding hydrogens is 279 g/mol. The topological polar surface area (TPSA) is 55.1 Å². The van der Waals surface area contributed by atoms with Crippen molar-refractivity contribution in [3.8, 4) is 0 Å². The van der Waals surface area contributed by atoms with Crippen LogP contribution in [0.25, 0.3) is 0 Å². The van der Waals surface area contributed by atoms with E-state index in [0.717, 1.165) is 18.4 Å². The molecule has 0 heterocycles. The first kappa shape index (κ1) is 16.9. The van der Waals surface area contributed by atoms with Crippen molar-refractivity contribution in [1.29, 1.82) is 0 Å². The largest absolute Gasteiger partial charge is 0.352 e. The van der Waals surface area contributed by atoms with Gasteiger partial charge in [-0.2, -0.15) is 0 Å². The molecule has 3 N–H and O–H groups in total. The lowest BCUT2D eigenvalue weighted by Crippen LogP contribution is -2.36. The average molecular weight is 301 g/mol. The second-order valence-corrected chi connectivity index (χ2v) is 5.32. The van der Waals surface area contributed by atoms with Gasteiger partial charge >= 0.3 is 0 Å². The third-order valence-corrected chi connectivity index (χ3v) is 3.82. The number of benzene rings is 1. The van der Waals surface area contributed by atoms with Gasteiger partial charge < -0.3 is 11.1 Å². The van der Waals surface area contributed by atoms with Crippen molar-refractivity contribution in [2.45, 2.75) is 44.7 Å². The van der Waals surface area contributed by atoms with Crippen LogP contribution in [0.2, 0.25) is 0 Å². The number of amides is 1. The summed E-state index contributed by atoms with van der Waals surface area (Å²) in [6, 6.07) is 6.33. The van der Waals surface area contributed by atoms with Gasteiger partial charge in [0.15, 0.2) is 0 Å². The molecular formula is C15H22ClFN2O. The number of halogens is 2. The van der Waals surface area contributed by atoms with E-state index in [1.807, 2.05) is 0 Å². The van der Waals surface area contributed by atoms with E-state index >= 15 is 0 Å². The van der Waals surface area contributed by atoms with Gasteiger partial charge in [0, 0.05) is 19.0 Å². The second kappa shape index (κ2) is 8.22. The molecule has 0 saturated heterocycles. The monoisotopic (exact) mass is 300 g/mol. The summed E-state index contributed by atoms with van der Waals surface area (Å²) in [5.41, 5.74) is 6.93. The summed E-state index contributed by atoms with van der Waals surface area (Å²) in [5.74, 6) is 0.0805. The maximum absolute atomic E-state index is 12.7. The Kier molecular flexibility index (Phi) is 6.96. The van der Waals surface area contributed by atoms with Gasteiger partial charge in [0.1, 0.15) is 5.82 Å². The molecule has 1 aliphatic rings. The minimum absolute atomic E-state index is 0. The van der Waals surface area contributed by atoms with E-state index in [9.17, 15) is 9.18 Å². The Morgan fingerprint density at radius 3 is 2.55 bits per heavy atom. The first-order valence-corrected chi connectivity index (χ1v) is 6.92. The Labute approximate surface area is 125 Å². The first-order chi connectivity index (χ1) is 9.15. The van der Waals surface area contributed by atoms with Crippen LogP contribution in [0.15, 0.2) is 24.3 Å². The molecule has 2 rings (SSSR count). The summed E-state index contributed by atoms with van der Waals surface area (Å²) < 4.78 is 12.7. The summed E-state index contributed by atoms with van der Waals surface area (Å²) in [7, 11) is 0. The van der Waals surface area contributed by atoms with Crippen LogP contribution in [0.5, 0.6) is 0 Å². The Balaban J connectivity index is 0.00000200. The highest BCUT2D eigenvalue weighted by Crippen LogP contribution is 2.25. The predicted molar refractivity (Wildman–Crippen MR) is 80.0 cm³/mol. The Bertz CT molecular complexity index is 424. The van der Waals surface area contributed by atoms with Gasteiger partial charge in [-0.15, -0.1) is 12.4 Å². The number of rotatable bonds is 4. The molecule has 1 aromatic rings. The van der Waals surface area contributed by atoms with Gasteiger partial charge in [0.2, 0.25) is 5.91 Å². The molecule has 1 fully saturated rings. The molecule has 1 amide bonds. The molecule has 2 unspecified atom stereocenters. The van der Waals surface area contributed by atoms with Crippen LogP contribution in [0.1, 0.15) is 37.7 Å². The summed E-state index contributed by atoms with van der Waals surface area (Å²) in [6.45, 7) is 0.446. The standard InChI is InChI=1S/C15H21FN2O.ClH/c16-13-7-5-11(6-8-13)10-18-15(19)9-12-3-1-2-4-14(12)17;/h5-8,12,14H,1-4,9-10,17H2,(H,18,19);1H. The molecule has 1 aromatic carbocycles. The highest BCUT2D eigenvalue weighted by Gasteiger charge is 2.23. The molecule has 2 atom stereocenters. The molecule has 112 valence electrons. The lowest BCUT2D eigenvalue weighted by Gasteiger charge is -2.27. The highest BCUT2D eigenvalue weighted by molar-refractivity contribution is 5.85. The van der Waals surface area contributed by atoms with Crippen molar-refractivity contribution in [2.75, 3.05) is 0 Å². The zero-order valence-electron chi connectivity index (χ0n) is 11.5. The third kappa shape index (κ3) is 5.10. The molecule has 0 radical (unpaired) electrons. The van der Waals surface area contributed by atoms with Crippen molar-refractivity contribution < 1.29 is 9.18 Å². The van der Waals surface area contributed by atoms with E-state index in [1.165, 1.54) is 25.0 Å². The molecule has 0 aliphatic heterocycles. The van der Waals surface area contributed by atoms with E-state index in [2.05, 4.69) is 5.32 Å². The van der Waals surface area contributed by atoms with E-state index in [1.54, 1.807) is 12.1 Å². The average Bonchev–Trinajstić information content (AvgIpc) is 2.41. The fraction of sp³-hybridized carbons (Fsp3) is 0.533. The summed E-state index contributed by atoms with van der Waals surface area (Å²) >= 11 is 0. The Morgan fingerprint density at radius 1 is 1.25 bits per heavy atom. The summed E-state index contributed by atoms with van der Waals surface area (Å²) in [5, 5.41) is 2.87. The van der Waals surface area contributed by atoms with Gasteiger partial charge in [-0.05, 0) is 36.5 Å². The van der Waals surface area contributed by atoms with Crippen molar-refractivity contribution in [3.63, 3.8) is 0 Å². The third-order valence-electron chi connectivity index (χ3n) is 3.82. The van der Waals surface area contributed by atoms with Gasteiger partial charge in [-0.3, -0.25) is 4.79 Å². The second-order valence-electron chi connectivity index (χ2n) is 5.32. The van der Waals surface area contributed by atoms with E-state index < -0.39 is 0 Å². The number of nitrogens with one attached hydrogen (secondary N) is 1. The van der Waals surface area contributed by atoms with E-state index in [0.29, 0.717) is 18.9 Å². The van der Waals surface area contributed by atoms with Crippen LogP contribution in [0.3, 0.4) is 0 Å². The molecule has 0 bridgehead atoms. The van der Waals surface area contributed by atoms with Gasteiger partial charge in [0.05, 0.1) is 0 Å². The quantitative estimate of drug-likeness (QED) is 0.898. The zero-order chi connectivity index (χ0) is 13.7. The first-order valence-electron chi connectivity index (χ1n) is 6.92. The smallest absolute Gasteiger partial charge is 0.220 e. The Morgan fingerprint density at radius 2 is 1.90 bits per heavy atom. The van der Waals surface area contributed by atoms with Gasteiger partial charge in [-0.25, -0.2) is 4.39 Å². The van der Waals surface area contributed by atoms with E-state index in [-0.39, 0.29) is 30.2 Å². The SMILES string of the molecule is Cl.NC1CCCCC1CC(=O)NCc1ccc(F)cc1. The molecule has 3 nitrogen and oxygen atoms in total. The zero-order valence-corrected chi connectivity index (χ0v) is 12.3. The van der Waals surface area contributed by atoms with Crippen molar-refractivity contribution in [2.24, 2.45) is 11.7 Å². The molecule has 1 saturated carbocycles. The fourth-order valence-electron chi connectivity index (χ4n) is 2.60. The lowest BCUT2D eigenvalue weighted by atomic mass is 9.83. The number of hydrogen-bond donors (Lipinski definition) is 2. The maximum atomic E-state index is 12.7. The molecule has 20 heavy (non-hydrogen) atoms. The van der Waals surface area contributed by atoms with Gasteiger partial charge in [0.25, 0.3) is 0 Å². The van der Waals surface area contributed by atoms with Crippen molar-refractivity contribution in [3.05, 3.63) is 35.6 Å². The lowest BCUT2D eigenvalue weighted by molar-refractivity contribution is -0.122. The van der Waals surface area contributed by atoms with Crippen LogP contribution in [0.4, 0.5) is 4.39 Å². The number of carbonyl (C=O) groups excluding carboxylic acids is 1. The minimum Gasteiger partial charge on any atom is -0.352 e. The predicted octanol–water partition coefficient (Wildman–Crippen LogP) is 2.77. The summed E-state index contributed by atoms with van der Waals surface area (Å²) in [6.07, 6.45) is 4.92. The van der Waals surface area contributed by atoms with Crippen LogP contribution < -0.4 is 11.1 Å². The Hall–Kier alpha value is -1.13. The van der Waals surface area contributed by atoms with Crippen LogP contribution >= 0.6 is 12.4 Å². The maximum Gasteiger partial charge on any atom is 0.220 e. The van der Waals surface area contributed by atoms with Crippen LogP contribution in [0, 0.1) is 11.7 Å². The molecule has 0 spiro atoms. The van der Waals surface area contributed by atoms with Crippen LogP contribution in [-0.4, -0.2) is 11.9 Å². The highest BCUT2D eigenvalue weighted by atomic mass is 35.5. The minimum atomic E-state index is -0.261. The summed E-state index contributed by atoms with van der Waals surface area (Å²) in [4.78, 5) is 11.9. The number of carbonyl (C=O) groups is 1. The molecule has 0 aromatic heterocycles. The van der Waals surface area contributed by atoms with Crippen molar-refractivity contribution >= 4 is 18.3 Å². The van der Waals surface area contributed by atoms with E-state index in [4.69, 9.17) is 5.73 Å².